The zero-order chi connectivity index (χ0) is 15.0. The summed E-state index contributed by atoms with van der Waals surface area (Å²) in [6.07, 6.45) is 0. The van der Waals surface area contributed by atoms with E-state index >= 15 is 0 Å². The van der Waals surface area contributed by atoms with Crippen LogP contribution in [0.1, 0.15) is 27.4 Å². The fourth-order valence-corrected chi connectivity index (χ4v) is 2.45. The van der Waals surface area contributed by atoms with Gasteiger partial charge in [0, 0.05) is 0 Å². The highest BCUT2D eigenvalue weighted by Crippen LogP contribution is 2.39. The van der Waals surface area contributed by atoms with E-state index in [-0.39, 0.29) is 13.4 Å². The van der Waals surface area contributed by atoms with E-state index in [0.717, 1.165) is 5.56 Å². The second-order valence-corrected chi connectivity index (χ2v) is 5.12. The molecule has 1 aliphatic heterocycles. The molecule has 5 nitrogen and oxygen atoms in total. The molecule has 110 valence electrons. The van der Waals surface area contributed by atoms with Gasteiger partial charge >= 0.3 is 5.97 Å². The van der Waals surface area contributed by atoms with Crippen LogP contribution in [0.3, 0.4) is 0 Å². The van der Waals surface area contributed by atoms with E-state index in [0.29, 0.717) is 33.6 Å². The lowest BCUT2D eigenvalue weighted by atomic mass is 10.2. The molecular formula is C15H13ClO5. The molecule has 0 atom stereocenters. The van der Waals surface area contributed by atoms with Crippen molar-refractivity contribution in [3.8, 4) is 11.5 Å². The number of aryl methyl sites for hydroxylation is 2. The quantitative estimate of drug-likeness (QED) is 0.810. The minimum atomic E-state index is -0.432. The number of furan rings is 1. The van der Waals surface area contributed by atoms with Crippen molar-refractivity contribution in [1.82, 2.24) is 0 Å². The number of ether oxygens (including phenoxy) is 3. The topological polar surface area (TPSA) is 57.9 Å². The monoisotopic (exact) mass is 308 g/mol. The van der Waals surface area contributed by atoms with Gasteiger partial charge < -0.3 is 18.6 Å². The summed E-state index contributed by atoms with van der Waals surface area (Å²) in [5.41, 5.74) is 1.16. The smallest absolute Gasteiger partial charge is 0.342 e. The van der Waals surface area contributed by atoms with Crippen molar-refractivity contribution in [3.63, 3.8) is 0 Å². The van der Waals surface area contributed by atoms with E-state index in [1.54, 1.807) is 32.0 Å². The third-order valence-electron chi connectivity index (χ3n) is 3.12. The first-order chi connectivity index (χ1) is 10.0. The van der Waals surface area contributed by atoms with E-state index in [2.05, 4.69) is 0 Å². The summed E-state index contributed by atoms with van der Waals surface area (Å²) in [6, 6.07) is 5.09. The summed E-state index contributed by atoms with van der Waals surface area (Å²) in [4.78, 5) is 12.0. The second kappa shape index (κ2) is 5.33. The number of fused-ring (bicyclic) bond motifs is 1. The molecule has 0 fully saturated rings. The summed E-state index contributed by atoms with van der Waals surface area (Å²) < 4.78 is 21.1. The molecule has 1 aliphatic rings. The van der Waals surface area contributed by atoms with Crippen LogP contribution in [-0.4, -0.2) is 12.8 Å². The van der Waals surface area contributed by atoms with Gasteiger partial charge in [0.05, 0.1) is 5.02 Å². The Morgan fingerprint density at radius 2 is 2.10 bits per heavy atom. The van der Waals surface area contributed by atoms with Crippen LogP contribution in [0.15, 0.2) is 22.6 Å². The van der Waals surface area contributed by atoms with Gasteiger partial charge in [-0.05, 0) is 37.6 Å². The Morgan fingerprint density at radius 3 is 2.81 bits per heavy atom. The Hall–Kier alpha value is -2.14. The molecule has 0 unspecified atom stereocenters. The predicted octanol–water partition coefficient (Wildman–Crippen LogP) is 3.64. The number of benzene rings is 1. The van der Waals surface area contributed by atoms with E-state index < -0.39 is 5.97 Å². The Kier molecular flexibility index (Phi) is 3.51. The highest BCUT2D eigenvalue weighted by atomic mass is 35.5. The van der Waals surface area contributed by atoms with Crippen molar-refractivity contribution in [2.45, 2.75) is 20.5 Å². The van der Waals surface area contributed by atoms with E-state index in [1.165, 1.54) is 0 Å². The molecule has 0 bridgehead atoms. The molecule has 0 saturated heterocycles. The summed E-state index contributed by atoms with van der Waals surface area (Å²) >= 11 is 6.08. The van der Waals surface area contributed by atoms with E-state index in [4.69, 9.17) is 30.2 Å². The largest absolute Gasteiger partial charge is 0.466 e. The molecule has 0 spiro atoms. The Bertz CT molecular complexity index is 704. The van der Waals surface area contributed by atoms with Crippen LogP contribution in [-0.2, 0) is 11.3 Å². The lowest BCUT2D eigenvalue weighted by Gasteiger charge is -2.06. The van der Waals surface area contributed by atoms with Crippen molar-refractivity contribution >= 4 is 17.6 Å². The number of hydrogen-bond acceptors (Lipinski definition) is 5. The van der Waals surface area contributed by atoms with Crippen molar-refractivity contribution in [1.29, 1.82) is 0 Å². The lowest BCUT2D eigenvalue weighted by Crippen LogP contribution is -2.05. The van der Waals surface area contributed by atoms with Crippen LogP contribution < -0.4 is 9.47 Å². The average molecular weight is 309 g/mol. The zero-order valence-corrected chi connectivity index (χ0v) is 12.3. The van der Waals surface area contributed by atoms with Gasteiger partial charge in [-0.25, -0.2) is 4.79 Å². The Morgan fingerprint density at radius 1 is 1.29 bits per heavy atom. The summed E-state index contributed by atoms with van der Waals surface area (Å²) in [5.74, 6) is 1.86. The second-order valence-electron chi connectivity index (χ2n) is 4.71. The molecule has 6 heteroatoms. The average Bonchev–Trinajstić information content (AvgIpc) is 3.02. The van der Waals surface area contributed by atoms with Crippen LogP contribution in [0.5, 0.6) is 11.5 Å². The van der Waals surface area contributed by atoms with Gasteiger partial charge in [0.15, 0.2) is 11.5 Å². The van der Waals surface area contributed by atoms with Crippen molar-refractivity contribution in [2.24, 2.45) is 0 Å². The van der Waals surface area contributed by atoms with Gasteiger partial charge in [0.25, 0.3) is 0 Å². The number of carbonyl (C=O) groups is 1. The van der Waals surface area contributed by atoms with Crippen LogP contribution in [0.2, 0.25) is 5.02 Å². The van der Waals surface area contributed by atoms with Crippen LogP contribution in [0.25, 0.3) is 0 Å². The zero-order valence-electron chi connectivity index (χ0n) is 11.6. The van der Waals surface area contributed by atoms with Gasteiger partial charge in [-0.1, -0.05) is 11.6 Å². The summed E-state index contributed by atoms with van der Waals surface area (Å²) in [7, 11) is 0. The highest BCUT2D eigenvalue weighted by Gasteiger charge is 2.20. The molecule has 2 heterocycles. The molecule has 0 aliphatic carbocycles. The fourth-order valence-electron chi connectivity index (χ4n) is 2.16. The van der Waals surface area contributed by atoms with Gasteiger partial charge in [-0.3, -0.25) is 0 Å². The molecule has 21 heavy (non-hydrogen) atoms. The van der Waals surface area contributed by atoms with Crippen LogP contribution in [0.4, 0.5) is 0 Å². The van der Waals surface area contributed by atoms with E-state index in [1.807, 2.05) is 0 Å². The molecule has 0 radical (unpaired) electrons. The maximum atomic E-state index is 12.0. The maximum absolute atomic E-state index is 12.0. The molecule has 2 aromatic rings. The van der Waals surface area contributed by atoms with Crippen LogP contribution in [0, 0.1) is 13.8 Å². The van der Waals surface area contributed by atoms with Gasteiger partial charge in [-0.2, -0.15) is 0 Å². The van der Waals surface area contributed by atoms with Crippen molar-refractivity contribution < 1.29 is 23.4 Å². The number of esters is 1. The maximum Gasteiger partial charge on any atom is 0.342 e. The molecular weight excluding hydrogens is 296 g/mol. The molecule has 1 aromatic heterocycles. The molecule has 3 rings (SSSR count). The number of halogens is 1. The van der Waals surface area contributed by atoms with Crippen LogP contribution >= 0.6 is 11.6 Å². The SMILES string of the molecule is Cc1cc(C(=O)OCc2cc(Cl)c3c(c2)OCO3)c(C)o1. The normalized spacial score (nSPS) is 12.5. The predicted molar refractivity (Wildman–Crippen MR) is 74.9 cm³/mol. The van der Waals surface area contributed by atoms with Crippen molar-refractivity contribution in [3.05, 3.63) is 45.9 Å². The number of carbonyl (C=O) groups excluding carboxylic acids is 1. The lowest BCUT2D eigenvalue weighted by molar-refractivity contribution is 0.0470. The number of hydrogen-bond donors (Lipinski definition) is 0. The highest BCUT2D eigenvalue weighted by molar-refractivity contribution is 6.32. The van der Waals surface area contributed by atoms with Crippen molar-refractivity contribution in [2.75, 3.05) is 6.79 Å². The molecule has 0 N–H and O–H groups in total. The molecule has 1 aromatic carbocycles. The minimum absolute atomic E-state index is 0.0961. The first-order valence-corrected chi connectivity index (χ1v) is 6.74. The van der Waals surface area contributed by atoms with Gasteiger partial charge in [0.1, 0.15) is 23.7 Å². The fraction of sp³-hybridized carbons (Fsp3) is 0.267. The third kappa shape index (κ3) is 2.69. The van der Waals surface area contributed by atoms with E-state index in [9.17, 15) is 4.79 Å². The summed E-state index contributed by atoms with van der Waals surface area (Å²) in [5, 5.41) is 0.436. The first-order valence-electron chi connectivity index (χ1n) is 6.37. The first kappa shape index (κ1) is 13.8. The third-order valence-corrected chi connectivity index (χ3v) is 3.40. The molecule has 0 amide bonds. The Labute approximate surface area is 126 Å². The molecule has 0 saturated carbocycles. The van der Waals surface area contributed by atoms with Gasteiger partial charge in [-0.15, -0.1) is 0 Å². The number of rotatable bonds is 3. The van der Waals surface area contributed by atoms with Gasteiger partial charge in [0.2, 0.25) is 6.79 Å². The minimum Gasteiger partial charge on any atom is -0.466 e. The standard InChI is InChI=1S/C15H13ClO5/c1-8-3-11(9(2)21-8)15(17)18-6-10-4-12(16)14-13(5-10)19-7-20-14/h3-5H,6-7H2,1-2H3. The summed E-state index contributed by atoms with van der Waals surface area (Å²) in [6.45, 7) is 3.74. The Balaban J connectivity index is 1.72.